The summed E-state index contributed by atoms with van der Waals surface area (Å²) in [5, 5.41) is 2.83. The van der Waals surface area contributed by atoms with Gasteiger partial charge in [-0.25, -0.2) is 8.78 Å². The van der Waals surface area contributed by atoms with E-state index in [4.69, 9.17) is 4.74 Å². The van der Waals surface area contributed by atoms with Gasteiger partial charge < -0.3 is 10.1 Å². The summed E-state index contributed by atoms with van der Waals surface area (Å²) in [6.07, 6.45) is 7.16. The number of aromatic nitrogens is 1. The second-order valence-corrected chi connectivity index (χ2v) is 7.74. The number of hydrogen-bond donors (Lipinski definition) is 1. The highest BCUT2D eigenvalue weighted by Crippen LogP contribution is 2.41. The molecule has 1 saturated carbocycles. The second-order valence-electron chi connectivity index (χ2n) is 7.74. The van der Waals surface area contributed by atoms with Crippen LogP contribution in [0.4, 0.5) is 8.78 Å². The van der Waals surface area contributed by atoms with Gasteiger partial charge in [0.15, 0.2) is 0 Å². The van der Waals surface area contributed by atoms with E-state index in [-0.39, 0.29) is 24.6 Å². The summed E-state index contributed by atoms with van der Waals surface area (Å²) in [7, 11) is 0. The summed E-state index contributed by atoms with van der Waals surface area (Å²) in [5.41, 5.74) is -0.179. The molecule has 2 fully saturated rings. The van der Waals surface area contributed by atoms with Crippen LogP contribution in [0, 0.1) is 11.6 Å². The third kappa shape index (κ3) is 4.05. The molecule has 158 valence electrons. The van der Waals surface area contributed by atoms with Crippen molar-refractivity contribution in [2.45, 2.75) is 50.4 Å². The fourth-order valence-corrected chi connectivity index (χ4v) is 4.30. The van der Waals surface area contributed by atoms with Gasteiger partial charge in [0.2, 0.25) is 5.91 Å². The Hall–Kier alpha value is -2.87. The fraction of sp³-hybridized carbons (Fsp3) is 0.409. The molecule has 0 bridgehead atoms. The fourth-order valence-electron chi connectivity index (χ4n) is 4.30. The Morgan fingerprint density at radius 3 is 2.43 bits per heavy atom. The van der Waals surface area contributed by atoms with Crippen LogP contribution in [0.5, 0.6) is 0 Å². The van der Waals surface area contributed by atoms with Crippen molar-refractivity contribution in [1.82, 2.24) is 15.2 Å². The third-order valence-electron chi connectivity index (χ3n) is 5.74. The molecule has 2 heterocycles. The topological polar surface area (TPSA) is 71.5 Å². The van der Waals surface area contributed by atoms with E-state index in [1.807, 2.05) is 0 Å². The van der Waals surface area contributed by atoms with Gasteiger partial charge in [-0.3, -0.25) is 19.5 Å². The molecule has 1 saturated heterocycles. The van der Waals surface area contributed by atoms with Crippen LogP contribution in [0.25, 0.3) is 0 Å². The largest absolute Gasteiger partial charge is 0.353 e. The highest BCUT2D eigenvalue weighted by atomic mass is 19.1. The summed E-state index contributed by atoms with van der Waals surface area (Å²) in [4.78, 5) is 31.7. The highest BCUT2D eigenvalue weighted by Gasteiger charge is 2.53. The van der Waals surface area contributed by atoms with Crippen LogP contribution in [0.1, 0.15) is 48.0 Å². The number of nitrogens with one attached hydrogen (secondary N) is 1. The molecule has 4 rings (SSSR count). The minimum Gasteiger partial charge on any atom is -0.353 e. The number of carbonyl (C=O) groups excluding carboxylic acids is 2. The quantitative estimate of drug-likeness (QED) is 0.833. The number of nitrogens with zero attached hydrogens (tertiary/aromatic N) is 2. The van der Waals surface area contributed by atoms with Crippen LogP contribution in [0.15, 0.2) is 42.7 Å². The van der Waals surface area contributed by atoms with Crippen LogP contribution < -0.4 is 5.32 Å². The number of pyridine rings is 1. The summed E-state index contributed by atoms with van der Waals surface area (Å²) in [6, 6.07) is 5.40. The predicted octanol–water partition coefficient (Wildman–Crippen LogP) is 3.18. The molecule has 2 aromatic rings. The average Bonchev–Trinajstić information content (AvgIpc) is 3.10. The lowest BCUT2D eigenvalue weighted by molar-refractivity contribution is -0.127. The Balaban J connectivity index is 1.60. The maximum absolute atomic E-state index is 13.7. The Kier molecular flexibility index (Phi) is 5.76. The molecule has 0 radical (unpaired) electrons. The molecule has 6 nitrogen and oxygen atoms in total. The summed E-state index contributed by atoms with van der Waals surface area (Å²) in [5.74, 6) is -2.64. The summed E-state index contributed by atoms with van der Waals surface area (Å²) >= 11 is 0. The van der Waals surface area contributed by atoms with Crippen LogP contribution in [-0.4, -0.2) is 40.1 Å². The van der Waals surface area contributed by atoms with E-state index in [1.165, 1.54) is 4.90 Å². The number of halogens is 2. The summed E-state index contributed by atoms with van der Waals surface area (Å²) in [6.45, 7) is 0.327. The van der Waals surface area contributed by atoms with Crippen molar-refractivity contribution in [3.63, 3.8) is 0 Å². The number of carbonyl (C=O) groups is 2. The molecular formula is C22H23F2N3O3. The maximum atomic E-state index is 13.7. The van der Waals surface area contributed by atoms with Gasteiger partial charge in [0.1, 0.15) is 23.4 Å². The van der Waals surface area contributed by atoms with Gasteiger partial charge in [-0.2, -0.15) is 0 Å². The molecule has 2 aliphatic rings. The Bertz CT molecular complexity index is 912. The van der Waals surface area contributed by atoms with E-state index in [1.54, 1.807) is 24.5 Å². The molecule has 2 amide bonds. The monoisotopic (exact) mass is 415 g/mol. The van der Waals surface area contributed by atoms with Crippen LogP contribution in [0.2, 0.25) is 0 Å². The number of rotatable bonds is 4. The van der Waals surface area contributed by atoms with Gasteiger partial charge in [-0.05, 0) is 55.5 Å². The molecule has 0 unspecified atom stereocenters. The van der Waals surface area contributed by atoms with E-state index < -0.39 is 29.3 Å². The van der Waals surface area contributed by atoms with Crippen LogP contribution >= 0.6 is 0 Å². The lowest BCUT2D eigenvalue weighted by Gasteiger charge is -2.41. The Morgan fingerprint density at radius 2 is 1.77 bits per heavy atom. The first-order chi connectivity index (χ1) is 14.5. The van der Waals surface area contributed by atoms with Crippen molar-refractivity contribution in [2.75, 3.05) is 6.61 Å². The van der Waals surface area contributed by atoms with Gasteiger partial charge in [0, 0.05) is 30.6 Å². The van der Waals surface area contributed by atoms with Gasteiger partial charge >= 0.3 is 0 Å². The molecular weight excluding hydrogens is 392 g/mol. The van der Waals surface area contributed by atoms with Crippen molar-refractivity contribution in [3.8, 4) is 0 Å². The van der Waals surface area contributed by atoms with E-state index >= 15 is 0 Å². The van der Waals surface area contributed by atoms with Crippen molar-refractivity contribution in [3.05, 3.63) is 65.5 Å². The normalized spacial score (nSPS) is 20.3. The minimum atomic E-state index is -0.920. The lowest BCUT2D eigenvalue weighted by Crippen LogP contribution is -2.56. The summed E-state index contributed by atoms with van der Waals surface area (Å²) < 4.78 is 33.5. The van der Waals surface area contributed by atoms with E-state index in [9.17, 15) is 18.4 Å². The highest BCUT2D eigenvalue weighted by molar-refractivity contribution is 5.98. The van der Waals surface area contributed by atoms with Crippen molar-refractivity contribution in [1.29, 1.82) is 0 Å². The number of amides is 2. The Morgan fingerprint density at radius 1 is 1.10 bits per heavy atom. The van der Waals surface area contributed by atoms with Crippen molar-refractivity contribution in [2.24, 2.45) is 0 Å². The maximum Gasteiger partial charge on any atom is 0.257 e. The van der Waals surface area contributed by atoms with Gasteiger partial charge in [-0.1, -0.05) is 6.42 Å². The molecule has 1 aromatic heterocycles. The number of hydrogen-bond acceptors (Lipinski definition) is 4. The van der Waals surface area contributed by atoms with Gasteiger partial charge in [0.25, 0.3) is 5.91 Å². The molecule has 8 heteroatoms. The first-order valence-corrected chi connectivity index (χ1v) is 10.1. The van der Waals surface area contributed by atoms with Gasteiger partial charge in [-0.15, -0.1) is 0 Å². The van der Waals surface area contributed by atoms with E-state index in [0.29, 0.717) is 18.9 Å². The van der Waals surface area contributed by atoms with Crippen LogP contribution in [-0.2, 0) is 16.1 Å². The lowest BCUT2D eigenvalue weighted by atomic mass is 9.89. The zero-order valence-electron chi connectivity index (χ0n) is 16.4. The standard InChI is InChI=1S/C22H23F2N3O3/c23-17-10-16(11-18(24)12-17)21(29)27-19(14-30-22(27)6-2-1-3-7-22)20(28)26-13-15-4-8-25-9-5-15/h4-5,8-12,19H,1-3,6-7,13-14H2,(H,26,28)/t19-/m1/s1. The molecule has 1 N–H and O–H groups in total. The first kappa shape index (κ1) is 20.4. The van der Waals surface area contributed by atoms with E-state index in [2.05, 4.69) is 10.3 Å². The first-order valence-electron chi connectivity index (χ1n) is 10.1. The third-order valence-corrected chi connectivity index (χ3v) is 5.74. The average molecular weight is 415 g/mol. The number of ether oxygens (including phenoxy) is 1. The molecule has 30 heavy (non-hydrogen) atoms. The van der Waals surface area contributed by atoms with Crippen molar-refractivity contribution >= 4 is 11.8 Å². The molecule has 1 spiro atoms. The predicted molar refractivity (Wildman–Crippen MR) is 104 cm³/mol. The van der Waals surface area contributed by atoms with Crippen molar-refractivity contribution < 1.29 is 23.1 Å². The zero-order chi connectivity index (χ0) is 21.1. The molecule has 1 aliphatic heterocycles. The molecule has 1 aliphatic carbocycles. The zero-order valence-corrected chi connectivity index (χ0v) is 16.4. The second kappa shape index (κ2) is 8.47. The van der Waals surface area contributed by atoms with Crippen LogP contribution in [0.3, 0.4) is 0 Å². The molecule has 1 aromatic carbocycles. The number of benzene rings is 1. The van der Waals surface area contributed by atoms with E-state index in [0.717, 1.165) is 37.0 Å². The smallest absolute Gasteiger partial charge is 0.257 e. The Labute approximate surface area is 173 Å². The minimum absolute atomic E-state index is 0.0473. The molecule has 1 atom stereocenters. The SMILES string of the molecule is O=C(NCc1ccncc1)[C@H]1COC2(CCCCC2)N1C(=O)c1cc(F)cc(F)c1. The van der Waals surface area contributed by atoms with Gasteiger partial charge in [0.05, 0.1) is 6.61 Å².